The molecule has 1 saturated carbocycles. The van der Waals surface area contributed by atoms with E-state index in [1.165, 1.54) is 18.4 Å². The summed E-state index contributed by atoms with van der Waals surface area (Å²) in [5.74, 6) is 1.78. The smallest absolute Gasteiger partial charge is 0.236 e. The van der Waals surface area contributed by atoms with Crippen molar-refractivity contribution in [1.82, 2.24) is 5.32 Å². The Morgan fingerprint density at radius 2 is 2.09 bits per heavy atom. The number of carbonyl (C=O) groups is 1. The van der Waals surface area contributed by atoms with Crippen LogP contribution in [0.1, 0.15) is 37.7 Å². The third kappa shape index (κ3) is 4.42. The van der Waals surface area contributed by atoms with Crippen molar-refractivity contribution in [3.63, 3.8) is 0 Å². The molecule has 0 unspecified atom stereocenters. The van der Waals surface area contributed by atoms with Gasteiger partial charge in [0.05, 0.1) is 13.2 Å². The predicted molar refractivity (Wildman–Crippen MR) is 97.1 cm³/mol. The van der Waals surface area contributed by atoms with Crippen LogP contribution in [0.3, 0.4) is 0 Å². The number of benzene rings is 1. The fourth-order valence-corrected chi connectivity index (χ4v) is 3.93. The van der Waals surface area contributed by atoms with Gasteiger partial charge in [0.15, 0.2) is 0 Å². The molecule has 1 fully saturated rings. The number of rotatable bonds is 8. The van der Waals surface area contributed by atoms with Gasteiger partial charge < -0.3 is 15.8 Å². The maximum absolute atomic E-state index is 12.3. The van der Waals surface area contributed by atoms with Crippen LogP contribution in [-0.4, -0.2) is 37.6 Å². The molecule has 1 aliphatic carbocycles. The lowest BCUT2D eigenvalue weighted by Crippen LogP contribution is -2.46. The van der Waals surface area contributed by atoms with E-state index < -0.39 is 6.04 Å². The lowest BCUT2D eigenvalue weighted by Gasteiger charge is -2.31. The number of amides is 1. The van der Waals surface area contributed by atoms with Gasteiger partial charge in [-0.15, -0.1) is 0 Å². The molecule has 1 atom stereocenters. The first-order valence-electron chi connectivity index (χ1n) is 8.29. The van der Waals surface area contributed by atoms with Gasteiger partial charge in [-0.3, -0.25) is 4.79 Å². The lowest BCUT2D eigenvalue weighted by atomic mass is 9.78. The third-order valence-electron chi connectivity index (χ3n) is 4.81. The fourth-order valence-electron chi connectivity index (χ4n) is 3.44. The molecule has 0 radical (unpaired) electrons. The van der Waals surface area contributed by atoms with Crippen molar-refractivity contribution in [3.8, 4) is 5.75 Å². The first-order valence-corrected chi connectivity index (χ1v) is 9.68. The van der Waals surface area contributed by atoms with Crippen LogP contribution in [0.2, 0.25) is 0 Å². The Morgan fingerprint density at radius 1 is 1.39 bits per heavy atom. The summed E-state index contributed by atoms with van der Waals surface area (Å²) < 4.78 is 5.55. The Kier molecular flexibility index (Phi) is 6.78. The number of methoxy groups -OCH3 is 1. The van der Waals surface area contributed by atoms with Crippen LogP contribution >= 0.6 is 11.8 Å². The zero-order valence-electron chi connectivity index (χ0n) is 14.1. The summed E-state index contributed by atoms with van der Waals surface area (Å²) in [5.41, 5.74) is 7.16. The van der Waals surface area contributed by atoms with Gasteiger partial charge in [0.2, 0.25) is 5.91 Å². The number of nitrogens with one attached hydrogen (secondary N) is 1. The highest BCUT2D eigenvalue weighted by atomic mass is 32.2. The average molecular weight is 337 g/mol. The van der Waals surface area contributed by atoms with Crippen molar-refractivity contribution in [2.75, 3.05) is 25.7 Å². The number of hydrogen-bond donors (Lipinski definition) is 2. The molecule has 1 aromatic carbocycles. The van der Waals surface area contributed by atoms with E-state index >= 15 is 0 Å². The van der Waals surface area contributed by atoms with Gasteiger partial charge in [-0.25, -0.2) is 0 Å². The Hall–Kier alpha value is -1.20. The van der Waals surface area contributed by atoms with Crippen LogP contribution in [0.4, 0.5) is 0 Å². The molecule has 0 spiro atoms. The van der Waals surface area contributed by atoms with Crippen molar-refractivity contribution < 1.29 is 9.53 Å². The zero-order chi connectivity index (χ0) is 16.7. The number of thioether (sulfide) groups is 1. The molecule has 3 N–H and O–H groups in total. The van der Waals surface area contributed by atoms with E-state index in [4.69, 9.17) is 10.5 Å². The second-order valence-corrected chi connectivity index (χ2v) is 7.28. The second kappa shape index (κ2) is 8.60. The van der Waals surface area contributed by atoms with E-state index in [-0.39, 0.29) is 11.3 Å². The Labute approximate surface area is 143 Å². The number of ether oxygens (including phenoxy) is 1. The molecule has 0 aliphatic heterocycles. The minimum atomic E-state index is -0.418. The van der Waals surface area contributed by atoms with Crippen LogP contribution in [0.15, 0.2) is 24.3 Å². The summed E-state index contributed by atoms with van der Waals surface area (Å²) in [6, 6.07) is 7.75. The molecule has 128 valence electrons. The molecule has 5 heteroatoms. The highest BCUT2D eigenvalue weighted by molar-refractivity contribution is 7.98. The molecule has 4 nitrogen and oxygen atoms in total. The second-order valence-electron chi connectivity index (χ2n) is 6.29. The molecular formula is C18H28N2O2S. The van der Waals surface area contributed by atoms with Crippen LogP contribution < -0.4 is 15.8 Å². The molecule has 1 amide bonds. The van der Waals surface area contributed by atoms with Crippen molar-refractivity contribution >= 4 is 17.7 Å². The number of hydrogen-bond acceptors (Lipinski definition) is 4. The third-order valence-corrected chi connectivity index (χ3v) is 5.45. The van der Waals surface area contributed by atoms with Gasteiger partial charge in [0.1, 0.15) is 5.75 Å². The summed E-state index contributed by atoms with van der Waals surface area (Å²) in [6.07, 6.45) is 7.27. The summed E-state index contributed by atoms with van der Waals surface area (Å²) in [6.45, 7) is 0.638. The molecule has 0 aromatic heterocycles. The summed E-state index contributed by atoms with van der Waals surface area (Å²) in [5, 5.41) is 3.10. The number of para-hydroxylation sites is 1. The molecule has 23 heavy (non-hydrogen) atoms. The molecule has 0 saturated heterocycles. The summed E-state index contributed by atoms with van der Waals surface area (Å²) >= 11 is 1.72. The molecule has 1 aliphatic rings. The first-order chi connectivity index (χ1) is 11.1. The maximum Gasteiger partial charge on any atom is 0.236 e. The SMILES string of the molecule is COc1ccccc1C1(CNC(=O)[C@@H](N)CCSC)CCCC1. The van der Waals surface area contributed by atoms with Crippen molar-refractivity contribution in [2.24, 2.45) is 5.73 Å². The summed E-state index contributed by atoms with van der Waals surface area (Å²) in [4.78, 5) is 12.3. The van der Waals surface area contributed by atoms with E-state index in [1.54, 1.807) is 18.9 Å². The quantitative estimate of drug-likeness (QED) is 0.766. The lowest BCUT2D eigenvalue weighted by molar-refractivity contribution is -0.122. The highest BCUT2D eigenvalue weighted by Crippen LogP contribution is 2.44. The largest absolute Gasteiger partial charge is 0.496 e. The van der Waals surface area contributed by atoms with Gasteiger partial charge in [0.25, 0.3) is 0 Å². The van der Waals surface area contributed by atoms with Crippen LogP contribution in [0, 0.1) is 0 Å². The minimum Gasteiger partial charge on any atom is -0.496 e. The first kappa shape index (κ1) is 18.1. The summed E-state index contributed by atoms with van der Waals surface area (Å²) in [7, 11) is 1.71. The van der Waals surface area contributed by atoms with Crippen molar-refractivity contribution in [3.05, 3.63) is 29.8 Å². The Bertz CT molecular complexity index is 515. The van der Waals surface area contributed by atoms with E-state index in [1.807, 2.05) is 24.5 Å². The molecule has 0 bridgehead atoms. The monoisotopic (exact) mass is 336 g/mol. The van der Waals surface area contributed by atoms with Crippen LogP contribution in [0.5, 0.6) is 5.75 Å². The highest BCUT2D eigenvalue weighted by Gasteiger charge is 2.38. The maximum atomic E-state index is 12.3. The molecule has 2 rings (SSSR count). The molecule has 1 aromatic rings. The van der Waals surface area contributed by atoms with Crippen molar-refractivity contribution in [1.29, 1.82) is 0 Å². The van der Waals surface area contributed by atoms with Crippen LogP contribution in [0.25, 0.3) is 0 Å². The predicted octanol–water partition coefficient (Wildman–Crippen LogP) is 2.70. The van der Waals surface area contributed by atoms with Gasteiger partial charge >= 0.3 is 0 Å². The fraction of sp³-hybridized carbons (Fsp3) is 0.611. The molecule has 0 heterocycles. The molecular weight excluding hydrogens is 308 g/mol. The van der Waals surface area contributed by atoms with E-state index in [0.29, 0.717) is 13.0 Å². The Balaban J connectivity index is 2.08. The number of carbonyl (C=O) groups excluding carboxylic acids is 1. The topological polar surface area (TPSA) is 64.3 Å². The van der Waals surface area contributed by atoms with E-state index in [9.17, 15) is 4.79 Å². The van der Waals surface area contributed by atoms with Gasteiger partial charge in [-0.2, -0.15) is 11.8 Å². The van der Waals surface area contributed by atoms with Crippen molar-refractivity contribution in [2.45, 2.75) is 43.6 Å². The van der Waals surface area contributed by atoms with Gasteiger partial charge in [0, 0.05) is 17.5 Å². The van der Waals surface area contributed by atoms with Gasteiger partial charge in [-0.05, 0) is 37.3 Å². The average Bonchev–Trinajstić information content (AvgIpc) is 3.07. The van der Waals surface area contributed by atoms with Crippen LogP contribution in [-0.2, 0) is 10.2 Å². The van der Waals surface area contributed by atoms with E-state index in [2.05, 4.69) is 11.4 Å². The zero-order valence-corrected chi connectivity index (χ0v) is 15.0. The normalized spacial score (nSPS) is 17.7. The van der Waals surface area contributed by atoms with Gasteiger partial charge in [-0.1, -0.05) is 31.0 Å². The van der Waals surface area contributed by atoms with E-state index in [0.717, 1.165) is 24.3 Å². The number of nitrogens with two attached hydrogens (primary N) is 1. The minimum absolute atomic E-state index is 0.0263. The standard InChI is InChI=1S/C18H28N2O2S/c1-22-16-8-4-3-7-14(16)18(10-5-6-11-18)13-20-17(21)15(19)9-12-23-2/h3-4,7-8,15H,5-6,9-13,19H2,1-2H3,(H,20,21)/t15-/m0/s1. The Morgan fingerprint density at radius 3 is 2.74 bits per heavy atom.